The van der Waals surface area contributed by atoms with E-state index >= 15 is 0 Å². The maximum absolute atomic E-state index is 12.5. The van der Waals surface area contributed by atoms with Gasteiger partial charge in [0.1, 0.15) is 6.10 Å². The summed E-state index contributed by atoms with van der Waals surface area (Å²) >= 11 is 0. The molecular formula is C23H28N2O2. The lowest BCUT2D eigenvalue weighted by Crippen LogP contribution is -2.25. The van der Waals surface area contributed by atoms with Gasteiger partial charge in [0.2, 0.25) is 0 Å². The fraction of sp³-hybridized carbons (Fsp3) is 0.391. The monoisotopic (exact) mass is 364 g/mol. The van der Waals surface area contributed by atoms with Gasteiger partial charge in [0.15, 0.2) is 5.78 Å². The number of hydrogen-bond donors (Lipinski definition) is 1. The highest BCUT2D eigenvalue weighted by atomic mass is 16.6. The second-order valence-electron chi connectivity index (χ2n) is 6.85. The van der Waals surface area contributed by atoms with Crippen LogP contribution in [0.5, 0.6) is 0 Å². The number of benzene rings is 1. The van der Waals surface area contributed by atoms with Crippen LogP contribution < -0.4 is 5.32 Å². The number of hydrogen-bond acceptors (Lipinski definition) is 4. The number of nitrogens with zero attached hydrogens (tertiary/aromatic N) is 1. The van der Waals surface area contributed by atoms with Crippen molar-refractivity contribution in [1.29, 1.82) is 0 Å². The minimum Gasteiger partial charge on any atom is -0.368 e. The van der Waals surface area contributed by atoms with Gasteiger partial charge >= 0.3 is 0 Å². The van der Waals surface area contributed by atoms with Crippen molar-refractivity contribution >= 4 is 12.0 Å². The molecule has 1 unspecified atom stereocenters. The van der Waals surface area contributed by atoms with E-state index in [-0.39, 0.29) is 11.9 Å². The molecule has 2 aliphatic rings. The van der Waals surface area contributed by atoms with E-state index in [9.17, 15) is 4.79 Å². The summed E-state index contributed by atoms with van der Waals surface area (Å²) in [5.74, 6) is 0.0901. The van der Waals surface area contributed by atoms with Gasteiger partial charge in [-0.05, 0) is 55.5 Å². The summed E-state index contributed by atoms with van der Waals surface area (Å²) in [4.78, 5) is 17.1. The molecule has 2 heterocycles. The molecule has 1 aromatic rings. The average molecular weight is 364 g/mol. The Hall–Kier alpha value is -2.30. The molecule has 0 saturated carbocycles. The first-order chi connectivity index (χ1) is 13.3. The fourth-order valence-electron chi connectivity index (χ4n) is 3.07. The first-order valence-electron chi connectivity index (χ1n) is 9.80. The van der Waals surface area contributed by atoms with Crippen LogP contribution in [0.15, 0.2) is 70.4 Å². The summed E-state index contributed by atoms with van der Waals surface area (Å²) in [6.45, 7) is 3.74. The number of aryl methyl sites for hydroxylation is 1. The first kappa shape index (κ1) is 19.5. The van der Waals surface area contributed by atoms with Crippen LogP contribution in [-0.4, -0.2) is 37.8 Å². The molecule has 1 saturated heterocycles. The van der Waals surface area contributed by atoms with Crippen molar-refractivity contribution in [2.75, 3.05) is 19.7 Å². The molecule has 1 N–H and O–H groups in total. The Morgan fingerprint density at radius 3 is 2.81 bits per heavy atom. The molecule has 4 heteroatoms. The van der Waals surface area contributed by atoms with Gasteiger partial charge in [-0.25, -0.2) is 0 Å². The quantitative estimate of drug-likeness (QED) is 0.536. The van der Waals surface area contributed by atoms with Crippen LogP contribution in [0, 0.1) is 0 Å². The van der Waals surface area contributed by atoms with E-state index < -0.39 is 0 Å². The van der Waals surface area contributed by atoms with E-state index in [1.54, 1.807) is 0 Å². The number of allylic oxidation sites excluding steroid dienone is 4. The molecule has 0 bridgehead atoms. The lowest BCUT2D eigenvalue weighted by Gasteiger charge is -2.09. The van der Waals surface area contributed by atoms with Gasteiger partial charge in [0.25, 0.3) is 0 Å². The zero-order valence-corrected chi connectivity index (χ0v) is 16.0. The Morgan fingerprint density at radius 2 is 2.07 bits per heavy atom. The van der Waals surface area contributed by atoms with Crippen LogP contribution >= 0.6 is 0 Å². The molecule has 27 heavy (non-hydrogen) atoms. The minimum atomic E-state index is -0.0746. The Kier molecular flexibility index (Phi) is 7.31. The molecule has 3 rings (SSSR count). The number of ketones is 1. The lowest BCUT2D eigenvalue weighted by atomic mass is 10.0. The summed E-state index contributed by atoms with van der Waals surface area (Å²) in [6, 6.07) is 10.5. The smallest absolute Gasteiger partial charge is 0.175 e. The van der Waals surface area contributed by atoms with Crippen molar-refractivity contribution < 1.29 is 9.53 Å². The highest BCUT2D eigenvalue weighted by Gasteiger charge is 2.31. The van der Waals surface area contributed by atoms with Crippen molar-refractivity contribution in [3.05, 3.63) is 71.0 Å². The Balaban J connectivity index is 1.75. The molecule has 2 aliphatic heterocycles. The molecule has 1 atom stereocenters. The third-order valence-electron chi connectivity index (χ3n) is 4.66. The predicted octanol–water partition coefficient (Wildman–Crippen LogP) is 3.80. The number of aliphatic imine (C=N–C) groups is 1. The van der Waals surface area contributed by atoms with Crippen molar-refractivity contribution in [2.45, 2.75) is 38.7 Å². The maximum atomic E-state index is 12.5. The van der Waals surface area contributed by atoms with Gasteiger partial charge in [-0.15, -0.1) is 0 Å². The van der Waals surface area contributed by atoms with Gasteiger partial charge in [-0.3, -0.25) is 9.79 Å². The zero-order chi connectivity index (χ0) is 18.9. The summed E-state index contributed by atoms with van der Waals surface area (Å²) in [5.41, 5.74) is 4.17. The van der Waals surface area contributed by atoms with Gasteiger partial charge in [0.05, 0.1) is 18.8 Å². The molecule has 0 aliphatic carbocycles. The molecule has 0 spiro atoms. The Morgan fingerprint density at radius 1 is 1.26 bits per heavy atom. The molecule has 1 aromatic carbocycles. The molecule has 0 aromatic heterocycles. The first-order valence-corrected chi connectivity index (χ1v) is 9.80. The number of ether oxygens (including phenoxy) is 1. The summed E-state index contributed by atoms with van der Waals surface area (Å²) in [6.07, 6.45) is 12.1. The summed E-state index contributed by atoms with van der Waals surface area (Å²) in [7, 11) is 0. The molecular weight excluding hydrogens is 336 g/mol. The number of Topliss-reactive ketones (excluding diaryl/α,β-unsaturated/α-hetero) is 1. The van der Waals surface area contributed by atoms with E-state index in [1.807, 2.05) is 25.3 Å². The van der Waals surface area contributed by atoms with Crippen molar-refractivity contribution in [3.8, 4) is 0 Å². The SMILES string of the molecule is CCNCC(=O)/C(=C/C1=C/C(CCc2ccccc2)=C\CCC=N1)C1CO1. The number of rotatable bonds is 9. The fourth-order valence-corrected chi connectivity index (χ4v) is 3.07. The molecule has 0 amide bonds. The van der Waals surface area contributed by atoms with Gasteiger partial charge in [0, 0.05) is 11.8 Å². The van der Waals surface area contributed by atoms with Crippen LogP contribution in [0.4, 0.5) is 0 Å². The number of likely N-dealkylation sites (N-methyl/N-ethyl adjacent to an activating group) is 1. The number of carbonyl (C=O) groups excluding carboxylic acids is 1. The predicted molar refractivity (Wildman–Crippen MR) is 110 cm³/mol. The van der Waals surface area contributed by atoms with Crippen LogP contribution in [0.2, 0.25) is 0 Å². The van der Waals surface area contributed by atoms with Crippen LogP contribution in [-0.2, 0) is 16.0 Å². The van der Waals surface area contributed by atoms with Crippen molar-refractivity contribution in [3.63, 3.8) is 0 Å². The second kappa shape index (κ2) is 10.1. The molecule has 142 valence electrons. The van der Waals surface area contributed by atoms with E-state index in [0.717, 1.165) is 43.5 Å². The highest BCUT2D eigenvalue weighted by molar-refractivity contribution is 5.98. The zero-order valence-electron chi connectivity index (χ0n) is 16.0. The van der Waals surface area contributed by atoms with E-state index in [0.29, 0.717) is 13.2 Å². The maximum Gasteiger partial charge on any atom is 0.175 e. The molecule has 4 nitrogen and oxygen atoms in total. The summed E-state index contributed by atoms with van der Waals surface area (Å²) in [5, 5.41) is 3.10. The topological polar surface area (TPSA) is 54.0 Å². The van der Waals surface area contributed by atoms with E-state index in [1.165, 1.54) is 11.1 Å². The van der Waals surface area contributed by atoms with Crippen LogP contribution in [0.3, 0.4) is 0 Å². The van der Waals surface area contributed by atoms with Gasteiger partial charge in [-0.1, -0.05) is 43.3 Å². The highest BCUT2D eigenvalue weighted by Crippen LogP contribution is 2.24. The van der Waals surface area contributed by atoms with E-state index in [2.05, 4.69) is 46.7 Å². The van der Waals surface area contributed by atoms with E-state index in [4.69, 9.17) is 4.74 Å². The average Bonchev–Trinajstić information content (AvgIpc) is 3.50. The molecule has 0 radical (unpaired) electrons. The van der Waals surface area contributed by atoms with Crippen molar-refractivity contribution in [1.82, 2.24) is 5.32 Å². The second-order valence-corrected chi connectivity index (χ2v) is 6.85. The van der Waals surface area contributed by atoms with Crippen molar-refractivity contribution in [2.24, 2.45) is 4.99 Å². The standard InChI is InChI=1S/C23H28N2O2/c1-2-24-16-22(26)21(23-17-27-23)15-20-14-19(10-6-7-13-25-20)12-11-18-8-4-3-5-9-18/h3-5,8-10,13-15,23-24H,2,6-7,11-12,16-17H2,1H3/b19-10-,20-14-,21-15-,25-13?. The van der Waals surface area contributed by atoms with Crippen LogP contribution in [0.25, 0.3) is 0 Å². The number of nitrogens with one attached hydrogen (secondary N) is 1. The number of carbonyl (C=O) groups is 1. The molecule has 1 fully saturated rings. The van der Waals surface area contributed by atoms with Gasteiger partial charge < -0.3 is 10.1 Å². The Bertz CT molecular complexity index is 756. The Labute approximate surface area is 161 Å². The number of epoxide rings is 1. The normalized spacial score (nSPS) is 23.6. The summed E-state index contributed by atoms with van der Waals surface area (Å²) < 4.78 is 5.39. The third kappa shape index (κ3) is 6.42. The minimum absolute atomic E-state index is 0.0746. The van der Waals surface area contributed by atoms with Crippen LogP contribution in [0.1, 0.15) is 31.7 Å². The lowest BCUT2D eigenvalue weighted by molar-refractivity contribution is -0.115. The van der Waals surface area contributed by atoms with Gasteiger partial charge in [-0.2, -0.15) is 0 Å². The largest absolute Gasteiger partial charge is 0.368 e. The third-order valence-corrected chi connectivity index (χ3v) is 4.66.